The molecular weight excluding hydrogens is 271 g/mol. The Hall–Kier alpha value is -2.15. The third-order valence-corrected chi connectivity index (χ3v) is 2.61. The lowest BCUT2D eigenvalue weighted by atomic mass is 10.0. The van der Waals surface area contributed by atoms with Gasteiger partial charge in [-0.25, -0.2) is 0 Å². The molecule has 1 N–H and O–H groups in total. The third kappa shape index (κ3) is 3.67. The summed E-state index contributed by atoms with van der Waals surface area (Å²) in [5.41, 5.74) is 1.45. The molecule has 0 spiro atoms. The average molecular weight is 283 g/mol. The van der Waals surface area contributed by atoms with Gasteiger partial charge < -0.3 is 10.1 Å². The second kappa shape index (κ2) is 5.87. The van der Waals surface area contributed by atoms with Crippen LogP contribution in [-0.2, 0) is 0 Å². The Morgan fingerprint density at radius 3 is 2.35 bits per heavy atom. The van der Waals surface area contributed by atoms with Crippen molar-refractivity contribution in [2.75, 3.05) is 7.05 Å². The first-order chi connectivity index (χ1) is 9.49. The van der Waals surface area contributed by atoms with E-state index in [9.17, 15) is 13.2 Å². The molecule has 0 aliphatic rings. The summed E-state index contributed by atoms with van der Waals surface area (Å²) in [4.78, 5) is 8.14. The minimum atomic E-state index is -4.69. The fraction of sp³-hybridized carbons (Fsp3) is 0.231. The number of halogens is 3. The van der Waals surface area contributed by atoms with Gasteiger partial charge >= 0.3 is 6.36 Å². The predicted molar refractivity (Wildman–Crippen MR) is 66.1 cm³/mol. The van der Waals surface area contributed by atoms with Gasteiger partial charge in [-0.15, -0.1) is 13.2 Å². The topological polar surface area (TPSA) is 47.0 Å². The zero-order valence-corrected chi connectivity index (χ0v) is 10.6. The van der Waals surface area contributed by atoms with Gasteiger partial charge in [0.2, 0.25) is 0 Å². The van der Waals surface area contributed by atoms with Crippen molar-refractivity contribution in [2.24, 2.45) is 0 Å². The number of hydrogen-bond donors (Lipinski definition) is 1. The van der Waals surface area contributed by atoms with Gasteiger partial charge in [-0.05, 0) is 24.7 Å². The van der Waals surface area contributed by atoms with Crippen molar-refractivity contribution < 1.29 is 17.9 Å². The second-order valence-electron chi connectivity index (χ2n) is 3.97. The summed E-state index contributed by atoms with van der Waals surface area (Å²) in [5.74, 6) is -0.254. The molecule has 1 unspecified atom stereocenters. The number of aromatic nitrogens is 2. The smallest absolute Gasteiger partial charge is 0.406 e. The van der Waals surface area contributed by atoms with Crippen LogP contribution in [0.1, 0.15) is 17.3 Å². The molecule has 7 heteroatoms. The average Bonchev–Trinajstić information content (AvgIpc) is 2.41. The quantitative estimate of drug-likeness (QED) is 0.937. The van der Waals surface area contributed by atoms with Crippen molar-refractivity contribution in [1.82, 2.24) is 15.3 Å². The van der Waals surface area contributed by atoms with E-state index in [1.54, 1.807) is 37.8 Å². The molecule has 1 aromatic heterocycles. The van der Waals surface area contributed by atoms with E-state index in [-0.39, 0.29) is 11.8 Å². The molecule has 20 heavy (non-hydrogen) atoms. The number of benzene rings is 1. The minimum Gasteiger partial charge on any atom is -0.406 e. The van der Waals surface area contributed by atoms with E-state index in [2.05, 4.69) is 20.0 Å². The molecule has 2 aromatic rings. The van der Waals surface area contributed by atoms with Gasteiger partial charge in [-0.3, -0.25) is 9.97 Å². The van der Waals surface area contributed by atoms with Crippen molar-refractivity contribution in [2.45, 2.75) is 12.4 Å². The molecule has 0 saturated heterocycles. The highest BCUT2D eigenvalue weighted by molar-refractivity contribution is 5.32. The van der Waals surface area contributed by atoms with Crippen LogP contribution in [0.5, 0.6) is 5.75 Å². The summed E-state index contributed by atoms with van der Waals surface area (Å²) in [5, 5.41) is 3.04. The molecule has 0 amide bonds. The van der Waals surface area contributed by atoms with E-state index >= 15 is 0 Å². The lowest BCUT2D eigenvalue weighted by Gasteiger charge is -2.16. The van der Waals surface area contributed by atoms with Crippen LogP contribution in [-0.4, -0.2) is 23.4 Å². The monoisotopic (exact) mass is 283 g/mol. The summed E-state index contributed by atoms with van der Waals surface area (Å²) in [7, 11) is 1.74. The van der Waals surface area contributed by atoms with Crippen LogP contribution in [0.3, 0.4) is 0 Å². The maximum absolute atomic E-state index is 12.1. The van der Waals surface area contributed by atoms with E-state index in [4.69, 9.17) is 0 Å². The Morgan fingerprint density at radius 2 is 1.85 bits per heavy atom. The Bertz CT molecular complexity index is 543. The van der Waals surface area contributed by atoms with Crippen LogP contribution >= 0.6 is 0 Å². The minimum absolute atomic E-state index is 0.247. The first-order valence-corrected chi connectivity index (χ1v) is 5.78. The molecule has 1 atom stereocenters. The van der Waals surface area contributed by atoms with Crippen molar-refractivity contribution >= 4 is 0 Å². The summed E-state index contributed by atoms with van der Waals surface area (Å²) in [6.07, 6.45) is 0.0212. The molecular formula is C13H12F3N3O. The van der Waals surface area contributed by atoms with Crippen LogP contribution < -0.4 is 10.1 Å². The van der Waals surface area contributed by atoms with Crippen molar-refractivity contribution in [3.8, 4) is 5.75 Å². The number of ether oxygens (including phenoxy) is 1. The fourth-order valence-corrected chi connectivity index (χ4v) is 1.81. The molecule has 0 radical (unpaired) electrons. The normalized spacial score (nSPS) is 13.0. The zero-order valence-electron chi connectivity index (χ0n) is 10.6. The van der Waals surface area contributed by atoms with Crippen LogP contribution in [0.25, 0.3) is 0 Å². The largest absolute Gasteiger partial charge is 0.573 e. The van der Waals surface area contributed by atoms with Gasteiger partial charge in [-0.1, -0.05) is 12.1 Å². The molecule has 0 aliphatic carbocycles. The van der Waals surface area contributed by atoms with Crippen molar-refractivity contribution in [1.29, 1.82) is 0 Å². The van der Waals surface area contributed by atoms with Crippen LogP contribution in [0.15, 0.2) is 42.9 Å². The first-order valence-electron chi connectivity index (χ1n) is 5.78. The summed E-state index contributed by atoms with van der Waals surface area (Å²) in [6.45, 7) is 0. The number of hydrogen-bond acceptors (Lipinski definition) is 4. The molecule has 0 fully saturated rings. The molecule has 2 rings (SSSR count). The lowest BCUT2D eigenvalue weighted by Crippen LogP contribution is -2.19. The Kier molecular flexibility index (Phi) is 4.19. The molecule has 0 bridgehead atoms. The van der Waals surface area contributed by atoms with Gasteiger partial charge in [-0.2, -0.15) is 0 Å². The number of nitrogens with one attached hydrogen (secondary N) is 1. The van der Waals surface area contributed by atoms with Gasteiger partial charge in [0, 0.05) is 12.4 Å². The zero-order chi connectivity index (χ0) is 14.6. The summed E-state index contributed by atoms with van der Waals surface area (Å²) in [6, 6.07) is 5.39. The third-order valence-electron chi connectivity index (χ3n) is 2.61. The van der Waals surface area contributed by atoms with Gasteiger partial charge in [0.05, 0.1) is 17.9 Å². The summed E-state index contributed by atoms with van der Waals surface area (Å²) < 4.78 is 40.1. The van der Waals surface area contributed by atoms with Gasteiger partial charge in [0.25, 0.3) is 0 Å². The highest BCUT2D eigenvalue weighted by Crippen LogP contribution is 2.25. The van der Waals surface area contributed by atoms with E-state index < -0.39 is 6.36 Å². The molecule has 1 heterocycles. The van der Waals surface area contributed by atoms with Gasteiger partial charge in [0.1, 0.15) is 5.75 Å². The van der Waals surface area contributed by atoms with Gasteiger partial charge in [0.15, 0.2) is 0 Å². The number of rotatable bonds is 4. The molecule has 0 aliphatic heterocycles. The van der Waals surface area contributed by atoms with E-state index in [0.717, 1.165) is 5.56 Å². The lowest BCUT2D eigenvalue weighted by molar-refractivity contribution is -0.274. The standard InChI is InChI=1S/C13H12F3N3O/c1-17-12(11-8-18-6-7-19-11)9-2-4-10(5-3-9)20-13(14,15)16/h2-8,12,17H,1H3. The maximum atomic E-state index is 12.1. The molecule has 106 valence electrons. The van der Waals surface area contributed by atoms with E-state index in [1.807, 2.05) is 0 Å². The Balaban J connectivity index is 2.20. The highest BCUT2D eigenvalue weighted by atomic mass is 19.4. The van der Waals surface area contributed by atoms with Crippen LogP contribution in [0.2, 0.25) is 0 Å². The molecule has 1 aromatic carbocycles. The van der Waals surface area contributed by atoms with Crippen LogP contribution in [0, 0.1) is 0 Å². The van der Waals surface area contributed by atoms with E-state index in [1.165, 1.54) is 12.1 Å². The second-order valence-corrected chi connectivity index (χ2v) is 3.97. The Morgan fingerprint density at radius 1 is 1.15 bits per heavy atom. The highest BCUT2D eigenvalue weighted by Gasteiger charge is 2.31. The maximum Gasteiger partial charge on any atom is 0.573 e. The fourth-order valence-electron chi connectivity index (χ4n) is 1.81. The predicted octanol–water partition coefficient (Wildman–Crippen LogP) is 2.68. The number of alkyl halides is 3. The summed E-state index contributed by atoms with van der Waals surface area (Å²) >= 11 is 0. The van der Waals surface area contributed by atoms with Crippen molar-refractivity contribution in [3.63, 3.8) is 0 Å². The van der Waals surface area contributed by atoms with Crippen molar-refractivity contribution in [3.05, 3.63) is 54.1 Å². The number of nitrogens with zero attached hydrogens (tertiary/aromatic N) is 2. The molecule has 0 saturated carbocycles. The van der Waals surface area contributed by atoms with E-state index in [0.29, 0.717) is 5.69 Å². The van der Waals surface area contributed by atoms with Crippen LogP contribution in [0.4, 0.5) is 13.2 Å². The Labute approximate surface area is 113 Å². The first kappa shape index (κ1) is 14.3. The molecule has 4 nitrogen and oxygen atoms in total. The SMILES string of the molecule is CNC(c1ccc(OC(F)(F)F)cc1)c1cnccn1.